The molecule has 2 saturated heterocycles. The molecule has 3 heterocycles. The van der Waals surface area contributed by atoms with E-state index in [1.54, 1.807) is 6.07 Å². The number of halogens is 1. The van der Waals surface area contributed by atoms with E-state index in [2.05, 4.69) is 29.0 Å². The fourth-order valence-corrected chi connectivity index (χ4v) is 7.29. The van der Waals surface area contributed by atoms with Gasteiger partial charge in [-0.3, -0.25) is 0 Å². The largest absolute Gasteiger partial charge is 0.465 e. The summed E-state index contributed by atoms with van der Waals surface area (Å²) in [5.41, 5.74) is 4.07. The number of likely N-dealkylation sites (tertiary alicyclic amines) is 1. The van der Waals surface area contributed by atoms with Crippen LogP contribution in [-0.4, -0.2) is 82.9 Å². The van der Waals surface area contributed by atoms with Crippen LogP contribution in [0.3, 0.4) is 0 Å². The quantitative estimate of drug-likeness (QED) is 0.601. The number of fused-ring (bicyclic) bond motifs is 2. The van der Waals surface area contributed by atoms with Crippen LogP contribution in [0.5, 0.6) is 6.01 Å². The summed E-state index contributed by atoms with van der Waals surface area (Å²) in [6.07, 6.45) is 6.42. The molecule has 2 aliphatic carbocycles. The number of rotatable bonds is 5. The zero-order valence-corrected chi connectivity index (χ0v) is 23.1. The van der Waals surface area contributed by atoms with Gasteiger partial charge in [-0.1, -0.05) is 12.1 Å². The molecular weight excluding hydrogens is 511 g/mol. The van der Waals surface area contributed by atoms with Crippen LogP contribution in [0.15, 0.2) is 18.2 Å². The molecule has 2 aromatic rings. The normalized spacial score (nSPS) is 26.3. The van der Waals surface area contributed by atoms with E-state index >= 15 is 0 Å². The number of aromatic nitrogens is 2. The van der Waals surface area contributed by atoms with Crippen molar-refractivity contribution < 1.29 is 19.0 Å². The van der Waals surface area contributed by atoms with Gasteiger partial charge in [0.15, 0.2) is 0 Å². The van der Waals surface area contributed by atoms with Crippen LogP contribution in [0.25, 0.3) is 0 Å². The van der Waals surface area contributed by atoms with E-state index in [1.807, 2.05) is 6.07 Å². The fourth-order valence-electron chi connectivity index (χ4n) is 7.29. The molecule has 1 spiro atoms. The third-order valence-corrected chi connectivity index (χ3v) is 9.62. The summed E-state index contributed by atoms with van der Waals surface area (Å²) in [5.74, 6) is 0.707. The van der Waals surface area contributed by atoms with Gasteiger partial charge in [0.1, 0.15) is 18.2 Å². The smallest absolute Gasteiger partial charge is 0.407 e. The number of carbonyl (C=O) groups is 1. The van der Waals surface area contributed by atoms with Gasteiger partial charge in [0, 0.05) is 31.2 Å². The molecule has 9 nitrogen and oxygen atoms in total. The van der Waals surface area contributed by atoms with Crippen LogP contribution in [0.1, 0.15) is 54.5 Å². The second kappa shape index (κ2) is 10.8. The van der Waals surface area contributed by atoms with Crippen molar-refractivity contribution in [3.05, 3.63) is 46.4 Å². The average molecular weight is 549 g/mol. The van der Waals surface area contributed by atoms with Gasteiger partial charge < -0.3 is 24.5 Å². The maximum atomic E-state index is 14.5. The molecule has 2 aliphatic heterocycles. The summed E-state index contributed by atoms with van der Waals surface area (Å²) in [6.45, 7) is 2.81. The highest BCUT2D eigenvalue weighted by Crippen LogP contribution is 2.47. The van der Waals surface area contributed by atoms with Crippen molar-refractivity contribution in [1.29, 1.82) is 5.26 Å². The molecule has 1 aromatic carbocycles. The predicted molar refractivity (Wildman–Crippen MR) is 147 cm³/mol. The monoisotopic (exact) mass is 548 g/mol. The Kier molecular flexibility index (Phi) is 7.26. The van der Waals surface area contributed by atoms with E-state index in [0.717, 1.165) is 86.1 Å². The van der Waals surface area contributed by atoms with E-state index in [-0.39, 0.29) is 17.7 Å². The maximum absolute atomic E-state index is 14.5. The molecule has 0 unspecified atom stereocenters. The van der Waals surface area contributed by atoms with Gasteiger partial charge in [-0.25, -0.2) is 9.18 Å². The number of anilines is 1. The predicted octanol–water partition coefficient (Wildman–Crippen LogP) is 3.83. The summed E-state index contributed by atoms with van der Waals surface area (Å²) in [6, 6.07) is 7.86. The molecule has 0 saturated carbocycles. The molecule has 10 heteroatoms. The second-order valence-corrected chi connectivity index (χ2v) is 12.0. The van der Waals surface area contributed by atoms with Crippen molar-refractivity contribution in [2.24, 2.45) is 5.41 Å². The number of carboxylic acid groups (broad SMARTS) is 1. The molecule has 40 heavy (non-hydrogen) atoms. The first kappa shape index (κ1) is 26.8. The van der Waals surface area contributed by atoms with Gasteiger partial charge in [-0.15, -0.1) is 0 Å². The summed E-state index contributed by atoms with van der Waals surface area (Å²) in [7, 11) is 2.12. The Morgan fingerprint density at radius 3 is 2.75 bits per heavy atom. The first-order valence-corrected chi connectivity index (χ1v) is 14.5. The zero-order valence-electron chi connectivity index (χ0n) is 23.1. The van der Waals surface area contributed by atoms with Crippen LogP contribution >= 0.6 is 0 Å². The molecule has 212 valence electrons. The summed E-state index contributed by atoms with van der Waals surface area (Å²) < 4.78 is 20.7. The van der Waals surface area contributed by atoms with E-state index in [0.29, 0.717) is 38.3 Å². The molecule has 2 fully saturated rings. The summed E-state index contributed by atoms with van der Waals surface area (Å²) in [4.78, 5) is 27.5. The topological polar surface area (TPSA) is 106 Å². The molecule has 1 N–H and O–H groups in total. The highest BCUT2D eigenvalue weighted by molar-refractivity contribution is 5.66. The molecule has 3 atom stereocenters. The minimum atomic E-state index is -0.995. The Morgan fingerprint density at radius 1 is 1.18 bits per heavy atom. The van der Waals surface area contributed by atoms with Crippen molar-refractivity contribution in [3.63, 3.8) is 0 Å². The van der Waals surface area contributed by atoms with Crippen molar-refractivity contribution in [3.8, 4) is 12.1 Å². The van der Waals surface area contributed by atoms with Gasteiger partial charge in [-0.2, -0.15) is 15.2 Å². The fraction of sp³-hybridized carbons (Fsp3) is 0.600. The van der Waals surface area contributed by atoms with Crippen molar-refractivity contribution in [2.45, 2.75) is 69.9 Å². The Labute approximate surface area is 234 Å². The van der Waals surface area contributed by atoms with Crippen LogP contribution in [0.2, 0.25) is 0 Å². The van der Waals surface area contributed by atoms with Crippen molar-refractivity contribution in [2.75, 3.05) is 44.7 Å². The zero-order chi connectivity index (χ0) is 27.9. The molecule has 0 radical (unpaired) electrons. The minimum Gasteiger partial charge on any atom is -0.465 e. The molecule has 0 bridgehead atoms. The number of benzene rings is 1. The van der Waals surface area contributed by atoms with Gasteiger partial charge in [0.2, 0.25) is 0 Å². The van der Waals surface area contributed by atoms with Gasteiger partial charge in [-0.05, 0) is 87.6 Å². The number of nitriles is 1. The standard InChI is InChI=1S/C30H37FN6O3/c1-35-13-3-5-22(35)19-40-28-33-26-17-30(10-7-23-20(16-30)4-2-6-25(23)31)11-8-24(26)27(34-28)36-14-15-37(29(38)39)21(18-36)9-12-32/h2,4,6,21-22H,3,5,7-11,13-19H2,1H3,(H,38,39)/t21-,22-,30+/m0/s1. The lowest BCUT2D eigenvalue weighted by Crippen LogP contribution is -2.55. The van der Waals surface area contributed by atoms with Crippen LogP contribution in [0, 0.1) is 22.6 Å². The van der Waals surface area contributed by atoms with E-state index < -0.39 is 12.1 Å². The van der Waals surface area contributed by atoms with E-state index in [9.17, 15) is 19.6 Å². The van der Waals surface area contributed by atoms with E-state index in [1.165, 1.54) is 4.90 Å². The molecule has 1 amide bonds. The lowest BCUT2D eigenvalue weighted by Gasteiger charge is -2.44. The van der Waals surface area contributed by atoms with E-state index in [4.69, 9.17) is 14.7 Å². The Hall–Kier alpha value is -3.45. The van der Waals surface area contributed by atoms with Crippen LogP contribution in [-0.2, 0) is 25.7 Å². The van der Waals surface area contributed by atoms with Crippen LogP contribution in [0.4, 0.5) is 15.0 Å². The first-order valence-electron chi connectivity index (χ1n) is 14.5. The highest BCUT2D eigenvalue weighted by Gasteiger charge is 2.41. The lowest BCUT2D eigenvalue weighted by atomic mass is 9.63. The van der Waals surface area contributed by atoms with Gasteiger partial charge in [0.05, 0.1) is 24.2 Å². The summed E-state index contributed by atoms with van der Waals surface area (Å²) >= 11 is 0. The first-order chi connectivity index (χ1) is 19.4. The lowest BCUT2D eigenvalue weighted by molar-refractivity contribution is 0.118. The SMILES string of the molecule is CN1CCC[C@H]1COc1nc2c(c(N3CCN(C(=O)O)[C@@H](CC#N)C3)n1)CC[C@@]1(CCc3c(F)cccc3C1)C2. The molecule has 4 aliphatic rings. The number of likely N-dealkylation sites (N-methyl/N-ethyl adjacent to an activating group) is 1. The van der Waals surface area contributed by atoms with Crippen LogP contribution < -0.4 is 9.64 Å². The molecule has 1 aromatic heterocycles. The molecule has 6 rings (SSSR count). The number of nitrogens with zero attached hydrogens (tertiary/aromatic N) is 6. The average Bonchev–Trinajstić information content (AvgIpc) is 3.35. The number of ether oxygens (including phenoxy) is 1. The number of hydrogen-bond acceptors (Lipinski definition) is 7. The second-order valence-electron chi connectivity index (χ2n) is 12.0. The third-order valence-electron chi connectivity index (χ3n) is 9.62. The van der Waals surface area contributed by atoms with Gasteiger partial charge >= 0.3 is 12.1 Å². The van der Waals surface area contributed by atoms with Gasteiger partial charge in [0.25, 0.3) is 0 Å². The maximum Gasteiger partial charge on any atom is 0.407 e. The Bertz CT molecular complexity index is 1330. The van der Waals surface area contributed by atoms with Crippen molar-refractivity contribution >= 4 is 11.9 Å². The number of piperazine rings is 1. The number of hydrogen-bond donors (Lipinski definition) is 1. The number of amides is 1. The Balaban J connectivity index is 1.31. The highest BCUT2D eigenvalue weighted by atomic mass is 19.1. The minimum absolute atomic E-state index is 0.0215. The molecular formula is C30H37FN6O3. The Morgan fingerprint density at radius 2 is 2.00 bits per heavy atom. The summed E-state index contributed by atoms with van der Waals surface area (Å²) in [5, 5.41) is 19.0. The van der Waals surface area contributed by atoms with Crippen molar-refractivity contribution in [1.82, 2.24) is 19.8 Å². The third kappa shape index (κ3) is 5.07.